The Morgan fingerprint density at radius 2 is 2.11 bits per heavy atom. The first kappa shape index (κ1) is 14.5. The number of hydrogen-bond donors (Lipinski definition) is 2. The Balaban J connectivity index is 2.09. The monoisotopic (exact) mass is 287 g/mol. The lowest BCUT2D eigenvalue weighted by atomic mass is 10.0. The Morgan fingerprint density at radius 1 is 1.47 bits per heavy atom. The van der Waals surface area contributed by atoms with E-state index in [4.69, 9.17) is 0 Å². The summed E-state index contributed by atoms with van der Waals surface area (Å²) in [5, 5.41) is 10.2. The van der Waals surface area contributed by atoms with Gasteiger partial charge in [-0.05, 0) is 26.7 Å². The van der Waals surface area contributed by atoms with E-state index in [1.54, 1.807) is 11.5 Å². The van der Waals surface area contributed by atoms with Crippen molar-refractivity contribution in [1.29, 1.82) is 0 Å². The first-order valence-corrected chi connectivity index (χ1v) is 8.10. The third-order valence-electron chi connectivity index (χ3n) is 3.70. The summed E-state index contributed by atoms with van der Waals surface area (Å²) < 4.78 is 28.5. The van der Waals surface area contributed by atoms with Crippen molar-refractivity contribution in [3.63, 3.8) is 0 Å². The fourth-order valence-corrected chi connectivity index (χ4v) is 3.57. The van der Waals surface area contributed by atoms with Crippen molar-refractivity contribution in [2.45, 2.75) is 56.7 Å². The molecule has 0 aromatic carbocycles. The van der Waals surface area contributed by atoms with Gasteiger partial charge in [0.2, 0.25) is 0 Å². The molecule has 1 aliphatic carbocycles. The molecular formula is C12H21N3O3S. The van der Waals surface area contributed by atoms with Crippen LogP contribution in [0.1, 0.15) is 38.4 Å². The molecule has 1 saturated carbocycles. The van der Waals surface area contributed by atoms with Crippen molar-refractivity contribution >= 4 is 10.0 Å². The Kier molecular flexibility index (Phi) is 3.98. The highest BCUT2D eigenvalue weighted by Crippen LogP contribution is 2.28. The molecule has 1 aromatic rings. The van der Waals surface area contributed by atoms with Gasteiger partial charge in [0.05, 0.1) is 5.60 Å². The van der Waals surface area contributed by atoms with Gasteiger partial charge in [-0.15, -0.1) is 0 Å². The maximum Gasteiger partial charge on any atom is 0.259 e. The van der Waals surface area contributed by atoms with E-state index < -0.39 is 15.6 Å². The van der Waals surface area contributed by atoms with Gasteiger partial charge in [0.1, 0.15) is 5.82 Å². The van der Waals surface area contributed by atoms with Crippen LogP contribution in [0, 0.1) is 6.92 Å². The van der Waals surface area contributed by atoms with E-state index in [1.165, 1.54) is 6.20 Å². The molecule has 0 atom stereocenters. The summed E-state index contributed by atoms with van der Waals surface area (Å²) in [6, 6.07) is 0. The van der Waals surface area contributed by atoms with E-state index in [9.17, 15) is 13.5 Å². The highest BCUT2D eigenvalue weighted by atomic mass is 32.2. The van der Waals surface area contributed by atoms with Gasteiger partial charge in [-0.1, -0.05) is 12.8 Å². The van der Waals surface area contributed by atoms with Crippen LogP contribution >= 0.6 is 0 Å². The molecule has 108 valence electrons. The van der Waals surface area contributed by atoms with Gasteiger partial charge in [-0.3, -0.25) is 0 Å². The van der Waals surface area contributed by atoms with Crippen molar-refractivity contribution in [3.05, 3.63) is 12.0 Å². The van der Waals surface area contributed by atoms with Crippen LogP contribution in [0.3, 0.4) is 0 Å². The second-order valence-electron chi connectivity index (χ2n) is 5.17. The van der Waals surface area contributed by atoms with Gasteiger partial charge in [-0.25, -0.2) is 18.1 Å². The van der Waals surface area contributed by atoms with Crippen molar-refractivity contribution in [1.82, 2.24) is 14.3 Å². The molecule has 19 heavy (non-hydrogen) atoms. The number of sulfonamides is 1. The fourth-order valence-electron chi connectivity index (χ4n) is 2.44. The zero-order valence-electron chi connectivity index (χ0n) is 11.4. The SMILES string of the molecule is CCn1cc(S(=O)(=O)NCC2(O)CCCC2)nc1C. The summed E-state index contributed by atoms with van der Waals surface area (Å²) in [5.41, 5.74) is -0.893. The minimum Gasteiger partial charge on any atom is -0.389 e. The zero-order chi connectivity index (χ0) is 14.1. The maximum atomic E-state index is 12.1. The quantitative estimate of drug-likeness (QED) is 0.839. The molecule has 0 amide bonds. The summed E-state index contributed by atoms with van der Waals surface area (Å²) in [4.78, 5) is 4.05. The van der Waals surface area contributed by atoms with Crippen LogP contribution in [0.5, 0.6) is 0 Å². The Labute approximate surface area is 113 Å². The molecule has 1 fully saturated rings. The van der Waals surface area contributed by atoms with Crippen LogP contribution in [0.4, 0.5) is 0 Å². The summed E-state index contributed by atoms with van der Waals surface area (Å²) in [6.07, 6.45) is 4.72. The standard InChI is InChI=1S/C12H21N3O3S/c1-3-15-8-11(14-10(15)2)19(17,18)13-9-12(16)6-4-5-7-12/h8,13,16H,3-7,9H2,1-2H3. The molecule has 7 heteroatoms. The van der Waals surface area contributed by atoms with E-state index in [2.05, 4.69) is 9.71 Å². The number of aromatic nitrogens is 2. The number of nitrogens with zero attached hydrogens (tertiary/aromatic N) is 2. The molecule has 2 N–H and O–H groups in total. The number of aliphatic hydroxyl groups is 1. The van der Waals surface area contributed by atoms with Gasteiger partial charge in [-0.2, -0.15) is 0 Å². The molecule has 0 bridgehead atoms. The zero-order valence-corrected chi connectivity index (χ0v) is 12.2. The van der Waals surface area contributed by atoms with Crippen molar-refractivity contribution in [2.24, 2.45) is 0 Å². The van der Waals surface area contributed by atoms with Crippen molar-refractivity contribution in [2.75, 3.05) is 6.54 Å². The Bertz CT molecular complexity index is 545. The van der Waals surface area contributed by atoms with Crippen LogP contribution < -0.4 is 4.72 Å². The largest absolute Gasteiger partial charge is 0.389 e. The smallest absolute Gasteiger partial charge is 0.259 e. The van der Waals surface area contributed by atoms with E-state index in [1.807, 2.05) is 6.92 Å². The topological polar surface area (TPSA) is 84.2 Å². The van der Waals surface area contributed by atoms with Gasteiger partial charge < -0.3 is 9.67 Å². The molecule has 0 unspecified atom stereocenters. The van der Waals surface area contributed by atoms with Crippen LogP contribution in [0.2, 0.25) is 0 Å². The molecule has 1 heterocycles. The number of aryl methyl sites for hydroxylation is 2. The van der Waals surface area contributed by atoms with Gasteiger partial charge in [0.15, 0.2) is 5.03 Å². The number of hydrogen-bond acceptors (Lipinski definition) is 4. The normalized spacial score (nSPS) is 18.9. The lowest BCUT2D eigenvalue weighted by molar-refractivity contribution is 0.0531. The number of imidazole rings is 1. The second kappa shape index (κ2) is 5.22. The molecule has 1 aliphatic rings. The minimum atomic E-state index is -3.64. The lowest BCUT2D eigenvalue weighted by Gasteiger charge is -2.21. The molecule has 0 aliphatic heterocycles. The molecule has 2 rings (SSSR count). The van der Waals surface area contributed by atoms with Gasteiger partial charge >= 0.3 is 0 Å². The van der Waals surface area contributed by atoms with E-state index >= 15 is 0 Å². The third kappa shape index (κ3) is 3.16. The summed E-state index contributed by atoms with van der Waals surface area (Å²) in [5.74, 6) is 0.669. The maximum absolute atomic E-state index is 12.1. The molecule has 0 spiro atoms. The predicted octanol–water partition coefficient (Wildman–Crippen LogP) is 0.795. The van der Waals surface area contributed by atoms with Gasteiger partial charge in [0, 0.05) is 19.3 Å². The number of rotatable bonds is 5. The highest BCUT2D eigenvalue weighted by Gasteiger charge is 2.33. The second-order valence-corrected chi connectivity index (χ2v) is 6.88. The molecule has 1 aromatic heterocycles. The van der Waals surface area contributed by atoms with Crippen LogP contribution in [-0.2, 0) is 16.6 Å². The van der Waals surface area contributed by atoms with Crippen molar-refractivity contribution in [3.8, 4) is 0 Å². The fraction of sp³-hybridized carbons (Fsp3) is 0.750. The van der Waals surface area contributed by atoms with E-state index in [-0.39, 0.29) is 11.6 Å². The number of nitrogens with one attached hydrogen (secondary N) is 1. The summed E-state index contributed by atoms with van der Waals surface area (Å²) in [7, 11) is -3.64. The summed E-state index contributed by atoms with van der Waals surface area (Å²) >= 11 is 0. The average molecular weight is 287 g/mol. The molecule has 6 nitrogen and oxygen atoms in total. The van der Waals surface area contributed by atoms with Crippen LogP contribution in [-0.4, -0.2) is 35.2 Å². The molecule has 0 saturated heterocycles. The molecular weight excluding hydrogens is 266 g/mol. The Hall–Kier alpha value is -0.920. The third-order valence-corrected chi connectivity index (χ3v) is 4.97. The van der Waals surface area contributed by atoms with Crippen LogP contribution in [0.25, 0.3) is 0 Å². The first-order chi connectivity index (χ1) is 8.86. The summed E-state index contributed by atoms with van der Waals surface area (Å²) in [6.45, 7) is 4.44. The Morgan fingerprint density at radius 3 is 2.63 bits per heavy atom. The van der Waals surface area contributed by atoms with Crippen LogP contribution in [0.15, 0.2) is 11.2 Å². The minimum absolute atomic E-state index is 0.0217. The average Bonchev–Trinajstić information content (AvgIpc) is 2.94. The highest BCUT2D eigenvalue weighted by molar-refractivity contribution is 7.89. The first-order valence-electron chi connectivity index (χ1n) is 6.62. The molecule has 0 radical (unpaired) electrons. The van der Waals surface area contributed by atoms with E-state index in [0.717, 1.165) is 12.8 Å². The van der Waals surface area contributed by atoms with Gasteiger partial charge in [0.25, 0.3) is 10.0 Å². The van der Waals surface area contributed by atoms with Crippen molar-refractivity contribution < 1.29 is 13.5 Å². The lowest BCUT2D eigenvalue weighted by Crippen LogP contribution is -2.40. The predicted molar refractivity (Wildman–Crippen MR) is 71.2 cm³/mol. The van der Waals surface area contributed by atoms with E-state index in [0.29, 0.717) is 25.2 Å².